The van der Waals surface area contributed by atoms with E-state index in [2.05, 4.69) is 4.72 Å². The van der Waals surface area contributed by atoms with Gasteiger partial charge in [0.1, 0.15) is 4.90 Å². The highest BCUT2D eigenvalue weighted by Crippen LogP contribution is 2.34. The number of hydrogen-bond acceptors (Lipinski definition) is 4. The lowest BCUT2D eigenvalue weighted by atomic mass is 10.2. The van der Waals surface area contributed by atoms with Gasteiger partial charge in [0.15, 0.2) is 0 Å². The van der Waals surface area contributed by atoms with Crippen molar-refractivity contribution >= 4 is 31.4 Å². The predicted molar refractivity (Wildman–Crippen MR) is 73.2 cm³/mol. The first kappa shape index (κ1) is 13.5. The molecule has 0 unspecified atom stereocenters. The van der Waals surface area contributed by atoms with Gasteiger partial charge in [-0.3, -0.25) is 0 Å². The Labute approximate surface area is 110 Å². The van der Waals surface area contributed by atoms with E-state index in [1.54, 1.807) is 12.1 Å². The van der Waals surface area contributed by atoms with Crippen LogP contribution in [0.3, 0.4) is 0 Å². The molecule has 0 aliphatic carbocycles. The molecule has 0 bridgehead atoms. The normalized spacial score (nSPS) is 12.1. The minimum Gasteiger partial charge on any atom is -0.391 e. The lowest BCUT2D eigenvalue weighted by Gasteiger charge is -2.06. The molecule has 2 aromatic rings. The fraction of sp³-hybridized carbons (Fsp3) is 0.333. The van der Waals surface area contributed by atoms with E-state index in [1.807, 2.05) is 19.1 Å². The zero-order valence-corrected chi connectivity index (χ0v) is 11.6. The molecule has 0 fully saturated rings. The Morgan fingerprint density at radius 2 is 2.06 bits per heavy atom. The van der Waals surface area contributed by atoms with Gasteiger partial charge in [-0.1, -0.05) is 25.1 Å². The van der Waals surface area contributed by atoms with Crippen molar-refractivity contribution in [2.75, 3.05) is 6.54 Å². The summed E-state index contributed by atoms with van der Waals surface area (Å²) in [7, 11) is -3.55. The highest BCUT2D eigenvalue weighted by atomic mass is 32.2. The summed E-state index contributed by atoms with van der Waals surface area (Å²) in [5.41, 5.74) is 0. The molecule has 0 aliphatic heterocycles. The minimum atomic E-state index is -3.55. The first-order valence-corrected chi connectivity index (χ1v) is 8.01. The molecule has 2 rings (SSSR count). The zero-order chi connectivity index (χ0) is 13.2. The number of nitrogens with one attached hydrogen (secondary N) is 1. The first-order chi connectivity index (χ1) is 8.60. The van der Waals surface area contributed by atoms with Crippen LogP contribution in [0.15, 0.2) is 29.2 Å². The van der Waals surface area contributed by atoms with Crippen LogP contribution < -0.4 is 4.72 Å². The monoisotopic (exact) mass is 285 g/mol. The van der Waals surface area contributed by atoms with Gasteiger partial charge in [-0.15, -0.1) is 11.3 Å². The molecular formula is C12H15NO3S2. The zero-order valence-electron chi connectivity index (χ0n) is 10.0. The second kappa shape index (κ2) is 5.36. The summed E-state index contributed by atoms with van der Waals surface area (Å²) in [6, 6.07) is 7.29. The fourth-order valence-corrected chi connectivity index (χ4v) is 4.71. The van der Waals surface area contributed by atoms with E-state index in [0.29, 0.717) is 16.8 Å². The standard InChI is InChI=1S/C12H15NO3S2/c1-2-7-13-18(15,16)12-9-5-3-4-6-10(9)17-11(12)8-14/h3-6,13-14H,2,7-8H2,1H3. The number of aliphatic hydroxyl groups is 1. The van der Waals surface area contributed by atoms with Crippen LogP contribution in [-0.4, -0.2) is 20.1 Å². The Morgan fingerprint density at radius 1 is 1.33 bits per heavy atom. The van der Waals surface area contributed by atoms with Crippen molar-refractivity contribution < 1.29 is 13.5 Å². The highest BCUT2D eigenvalue weighted by Gasteiger charge is 2.23. The van der Waals surface area contributed by atoms with E-state index in [-0.39, 0.29) is 11.5 Å². The lowest BCUT2D eigenvalue weighted by Crippen LogP contribution is -2.25. The molecule has 1 heterocycles. The maximum absolute atomic E-state index is 12.2. The van der Waals surface area contributed by atoms with Gasteiger partial charge in [0.2, 0.25) is 10.0 Å². The van der Waals surface area contributed by atoms with E-state index < -0.39 is 10.0 Å². The van der Waals surface area contributed by atoms with Crippen LogP contribution in [0.4, 0.5) is 0 Å². The molecule has 0 amide bonds. The quantitative estimate of drug-likeness (QED) is 0.884. The topological polar surface area (TPSA) is 66.4 Å². The summed E-state index contributed by atoms with van der Waals surface area (Å²) in [4.78, 5) is 0.707. The van der Waals surface area contributed by atoms with E-state index in [0.717, 1.165) is 11.1 Å². The number of rotatable bonds is 5. The lowest BCUT2D eigenvalue weighted by molar-refractivity contribution is 0.283. The van der Waals surface area contributed by atoms with E-state index in [4.69, 9.17) is 0 Å². The molecule has 18 heavy (non-hydrogen) atoms. The third-order valence-corrected chi connectivity index (χ3v) is 5.45. The molecule has 4 nitrogen and oxygen atoms in total. The maximum Gasteiger partial charge on any atom is 0.242 e. The molecular weight excluding hydrogens is 270 g/mol. The van der Waals surface area contributed by atoms with Gasteiger partial charge in [-0.2, -0.15) is 0 Å². The summed E-state index contributed by atoms with van der Waals surface area (Å²) < 4.78 is 27.9. The molecule has 1 aromatic heterocycles. The van der Waals surface area contributed by atoms with Crippen LogP contribution in [-0.2, 0) is 16.6 Å². The molecule has 1 aromatic carbocycles. The van der Waals surface area contributed by atoms with E-state index in [9.17, 15) is 13.5 Å². The second-order valence-corrected chi connectivity index (χ2v) is 6.75. The number of fused-ring (bicyclic) bond motifs is 1. The summed E-state index contributed by atoms with van der Waals surface area (Å²) in [6.07, 6.45) is 0.732. The third kappa shape index (κ3) is 2.42. The Hall–Kier alpha value is -0.950. The number of benzene rings is 1. The van der Waals surface area contributed by atoms with Crippen molar-refractivity contribution in [2.45, 2.75) is 24.8 Å². The largest absolute Gasteiger partial charge is 0.391 e. The molecule has 2 N–H and O–H groups in total. The average Bonchev–Trinajstić information content (AvgIpc) is 2.75. The van der Waals surface area contributed by atoms with Crippen molar-refractivity contribution in [3.8, 4) is 0 Å². The van der Waals surface area contributed by atoms with E-state index in [1.165, 1.54) is 11.3 Å². The molecule has 0 saturated carbocycles. The predicted octanol–water partition coefficient (Wildman–Crippen LogP) is 2.08. The van der Waals surface area contributed by atoms with Crippen LogP contribution in [0.2, 0.25) is 0 Å². The third-order valence-electron chi connectivity index (χ3n) is 2.57. The van der Waals surface area contributed by atoms with Crippen molar-refractivity contribution in [3.05, 3.63) is 29.1 Å². The number of thiophene rings is 1. The van der Waals surface area contributed by atoms with Crippen LogP contribution in [0.25, 0.3) is 10.1 Å². The molecule has 98 valence electrons. The second-order valence-electron chi connectivity index (χ2n) is 3.91. The van der Waals surface area contributed by atoms with Gasteiger partial charge >= 0.3 is 0 Å². The van der Waals surface area contributed by atoms with Gasteiger partial charge in [-0.25, -0.2) is 13.1 Å². The van der Waals surface area contributed by atoms with Gasteiger partial charge in [-0.05, 0) is 12.5 Å². The Balaban J connectivity index is 2.61. The van der Waals surface area contributed by atoms with Crippen LogP contribution in [0, 0.1) is 0 Å². The SMILES string of the molecule is CCCNS(=O)(=O)c1c(CO)sc2ccccc12. The molecule has 0 spiro atoms. The summed E-state index contributed by atoms with van der Waals surface area (Å²) in [6.45, 7) is 2.04. The Morgan fingerprint density at radius 3 is 2.72 bits per heavy atom. The van der Waals surface area contributed by atoms with Crippen LogP contribution in [0.5, 0.6) is 0 Å². The van der Waals surface area contributed by atoms with Crippen molar-refractivity contribution in [1.29, 1.82) is 0 Å². The number of sulfonamides is 1. The minimum absolute atomic E-state index is 0.221. The average molecular weight is 285 g/mol. The fourth-order valence-electron chi connectivity index (χ4n) is 1.78. The van der Waals surface area contributed by atoms with E-state index >= 15 is 0 Å². The van der Waals surface area contributed by atoms with Crippen LogP contribution in [0.1, 0.15) is 18.2 Å². The van der Waals surface area contributed by atoms with Gasteiger partial charge < -0.3 is 5.11 Å². The molecule has 6 heteroatoms. The van der Waals surface area contributed by atoms with Gasteiger partial charge in [0.05, 0.1) is 11.5 Å². The van der Waals surface area contributed by atoms with Crippen LogP contribution >= 0.6 is 11.3 Å². The summed E-state index contributed by atoms with van der Waals surface area (Å²) in [5, 5.41) is 10.0. The van der Waals surface area contributed by atoms with Crippen molar-refractivity contribution in [2.24, 2.45) is 0 Å². The molecule has 0 atom stereocenters. The highest BCUT2D eigenvalue weighted by molar-refractivity contribution is 7.90. The maximum atomic E-state index is 12.2. The van der Waals surface area contributed by atoms with Crippen molar-refractivity contribution in [1.82, 2.24) is 4.72 Å². The first-order valence-electron chi connectivity index (χ1n) is 5.71. The Bertz CT molecular complexity index is 646. The van der Waals surface area contributed by atoms with Gasteiger partial charge in [0.25, 0.3) is 0 Å². The Kier molecular flexibility index (Phi) is 4.01. The molecule has 0 saturated heterocycles. The van der Waals surface area contributed by atoms with Crippen molar-refractivity contribution in [3.63, 3.8) is 0 Å². The molecule has 0 aliphatic rings. The smallest absolute Gasteiger partial charge is 0.242 e. The number of aliphatic hydroxyl groups excluding tert-OH is 1. The summed E-state index contributed by atoms with van der Waals surface area (Å²) >= 11 is 1.32. The van der Waals surface area contributed by atoms with Gasteiger partial charge in [0, 0.05) is 16.6 Å². The number of hydrogen-bond donors (Lipinski definition) is 2. The molecule has 0 radical (unpaired) electrons. The summed E-state index contributed by atoms with van der Waals surface area (Å²) in [5.74, 6) is 0.